The molecule has 0 aliphatic rings. The van der Waals surface area contributed by atoms with Gasteiger partial charge >= 0.3 is 0 Å². The van der Waals surface area contributed by atoms with Crippen molar-refractivity contribution in [3.8, 4) is 11.5 Å². The van der Waals surface area contributed by atoms with Gasteiger partial charge in [0.2, 0.25) is 0 Å². The molecule has 1 N–H and O–H groups in total. The summed E-state index contributed by atoms with van der Waals surface area (Å²) in [5.41, 5.74) is 4.65. The van der Waals surface area contributed by atoms with E-state index in [9.17, 15) is 4.79 Å². The third kappa shape index (κ3) is 5.83. The molecule has 0 unspecified atom stereocenters. The highest BCUT2D eigenvalue weighted by atomic mass is 35.5. The van der Waals surface area contributed by atoms with Gasteiger partial charge in [0, 0.05) is 21.7 Å². The van der Waals surface area contributed by atoms with Gasteiger partial charge in [-0.05, 0) is 49.4 Å². The lowest BCUT2D eigenvalue weighted by Crippen LogP contribution is -2.17. The number of rotatable bonds is 8. The van der Waals surface area contributed by atoms with Crippen molar-refractivity contribution in [2.45, 2.75) is 13.5 Å². The van der Waals surface area contributed by atoms with E-state index in [0.717, 1.165) is 16.9 Å². The van der Waals surface area contributed by atoms with Gasteiger partial charge in [0.25, 0.3) is 5.91 Å². The Morgan fingerprint density at radius 2 is 1.72 bits per heavy atom. The summed E-state index contributed by atoms with van der Waals surface area (Å²) in [6, 6.07) is 21.8. The zero-order valence-corrected chi connectivity index (χ0v) is 16.7. The maximum atomic E-state index is 12.2. The molecule has 0 saturated carbocycles. The van der Waals surface area contributed by atoms with Gasteiger partial charge in [-0.25, -0.2) is 5.43 Å². The molecule has 0 atom stereocenters. The molecule has 0 saturated heterocycles. The first kappa shape index (κ1) is 20.4. The number of benzene rings is 3. The molecule has 0 radical (unpaired) electrons. The van der Waals surface area contributed by atoms with Crippen molar-refractivity contribution in [3.63, 3.8) is 0 Å². The Balaban J connectivity index is 1.61. The number of ether oxygens (including phenoxy) is 2. The van der Waals surface area contributed by atoms with Gasteiger partial charge in [0.1, 0.15) is 18.1 Å². The number of carbonyl (C=O) groups is 1. The van der Waals surface area contributed by atoms with E-state index in [1.807, 2.05) is 55.5 Å². The van der Waals surface area contributed by atoms with Crippen LogP contribution in [-0.4, -0.2) is 18.7 Å². The van der Waals surface area contributed by atoms with Gasteiger partial charge in [-0.2, -0.15) is 5.10 Å². The van der Waals surface area contributed by atoms with Gasteiger partial charge in [0.15, 0.2) is 0 Å². The third-order valence-electron chi connectivity index (χ3n) is 4.06. The quantitative estimate of drug-likeness (QED) is 0.417. The second kappa shape index (κ2) is 10.3. The molecule has 6 heteroatoms. The van der Waals surface area contributed by atoms with Gasteiger partial charge in [-0.15, -0.1) is 0 Å². The number of halogens is 1. The Kier molecular flexibility index (Phi) is 7.25. The van der Waals surface area contributed by atoms with E-state index in [2.05, 4.69) is 10.5 Å². The molecule has 0 heterocycles. The zero-order chi connectivity index (χ0) is 20.5. The molecule has 3 aromatic rings. The molecule has 0 aromatic heterocycles. The number of nitrogens with zero attached hydrogens (tertiary/aromatic N) is 1. The van der Waals surface area contributed by atoms with Crippen molar-refractivity contribution in [1.82, 2.24) is 5.43 Å². The summed E-state index contributed by atoms with van der Waals surface area (Å²) in [5.74, 6) is 1.06. The second-order valence-corrected chi connectivity index (χ2v) is 6.48. The standard InChI is InChI=1S/C23H21ClN2O3/c1-2-28-20-13-11-17(12-14-20)23(27)26-25-15-18-7-4-6-10-22(18)29-16-19-8-3-5-9-21(19)24/h3-15H,2,16H2,1H3,(H,26,27)/b25-15+. The monoisotopic (exact) mass is 408 g/mol. The predicted molar refractivity (Wildman–Crippen MR) is 115 cm³/mol. The number of hydrazone groups is 1. The van der Waals surface area contributed by atoms with Crippen LogP contribution in [0.1, 0.15) is 28.4 Å². The minimum atomic E-state index is -0.307. The van der Waals surface area contributed by atoms with Crippen molar-refractivity contribution >= 4 is 23.7 Å². The average Bonchev–Trinajstić information content (AvgIpc) is 2.75. The Bertz CT molecular complexity index is 987. The molecule has 29 heavy (non-hydrogen) atoms. The lowest BCUT2D eigenvalue weighted by molar-refractivity contribution is 0.0955. The lowest BCUT2D eigenvalue weighted by atomic mass is 10.2. The number of hydrogen-bond donors (Lipinski definition) is 1. The molecule has 148 valence electrons. The minimum Gasteiger partial charge on any atom is -0.494 e. The molecule has 5 nitrogen and oxygen atoms in total. The molecule has 0 spiro atoms. The van der Waals surface area contributed by atoms with Gasteiger partial charge in [0.05, 0.1) is 12.8 Å². The maximum Gasteiger partial charge on any atom is 0.271 e. The van der Waals surface area contributed by atoms with Crippen LogP contribution >= 0.6 is 11.6 Å². The van der Waals surface area contributed by atoms with Gasteiger partial charge < -0.3 is 9.47 Å². The summed E-state index contributed by atoms with van der Waals surface area (Å²) in [6.45, 7) is 2.82. The van der Waals surface area contributed by atoms with Gasteiger partial charge in [-0.1, -0.05) is 41.9 Å². The maximum absolute atomic E-state index is 12.2. The van der Waals surface area contributed by atoms with E-state index in [1.54, 1.807) is 30.5 Å². The second-order valence-electron chi connectivity index (χ2n) is 6.07. The minimum absolute atomic E-state index is 0.307. The Morgan fingerprint density at radius 3 is 2.48 bits per heavy atom. The summed E-state index contributed by atoms with van der Waals surface area (Å²) in [7, 11) is 0. The Morgan fingerprint density at radius 1 is 1.00 bits per heavy atom. The molecule has 3 aromatic carbocycles. The van der Waals surface area contributed by atoms with Crippen molar-refractivity contribution < 1.29 is 14.3 Å². The van der Waals surface area contributed by atoms with Crippen LogP contribution < -0.4 is 14.9 Å². The number of nitrogens with one attached hydrogen (secondary N) is 1. The fourth-order valence-electron chi connectivity index (χ4n) is 2.58. The molecule has 0 aliphatic heterocycles. The van der Waals surface area contributed by atoms with E-state index < -0.39 is 0 Å². The highest BCUT2D eigenvalue weighted by Gasteiger charge is 2.06. The molecular weight excluding hydrogens is 388 g/mol. The summed E-state index contributed by atoms with van der Waals surface area (Å²) >= 11 is 6.17. The molecule has 3 rings (SSSR count). The van der Waals surface area contributed by atoms with Crippen LogP contribution in [0.25, 0.3) is 0 Å². The first-order valence-corrected chi connectivity index (χ1v) is 9.56. The van der Waals surface area contributed by atoms with E-state index in [4.69, 9.17) is 21.1 Å². The summed E-state index contributed by atoms with van der Waals surface area (Å²) in [5, 5.41) is 4.70. The summed E-state index contributed by atoms with van der Waals surface area (Å²) < 4.78 is 11.3. The van der Waals surface area contributed by atoms with E-state index in [0.29, 0.717) is 29.5 Å². The van der Waals surface area contributed by atoms with Crippen molar-refractivity contribution in [3.05, 3.63) is 94.5 Å². The largest absolute Gasteiger partial charge is 0.494 e. The molecule has 1 amide bonds. The molecule has 0 bridgehead atoms. The van der Waals surface area contributed by atoms with Crippen LogP contribution in [0.3, 0.4) is 0 Å². The fourth-order valence-corrected chi connectivity index (χ4v) is 2.77. The SMILES string of the molecule is CCOc1ccc(C(=O)N/N=C/c2ccccc2OCc2ccccc2Cl)cc1. The zero-order valence-electron chi connectivity index (χ0n) is 16.0. The predicted octanol–water partition coefficient (Wildman–Crippen LogP) is 5.08. The van der Waals surface area contributed by atoms with Crippen LogP contribution in [0.2, 0.25) is 5.02 Å². The van der Waals surface area contributed by atoms with E-state index >= 15 is 0 Å². The van der Waals surface area contributed by atoms with Crippen LogP contribution in [0.4, 0.5) is 0 Å². The fraction of sp³-hybridized carbons (Fsp3) is 0.130. The van der Waals surface area contributed by atoms with E-state index in [-0.39, 0.29) is 5.91 Å². The number of carbonyl (C=O) groups excluding carboxylic acids is 1. The summed E-state index contributed by atoms with van der Waals surface area (Å²) in [4.78, 5) is 12.2. The lowest BCUT2D eigenvalue weighted by Gasteiger charge is -2.10. The van der Waals surface area contributed by atoms with Gasteiger partial charge in [-0.3, -0.25) is 4.79 Å². The van der Waals surface area contributed by atoms with Crippen LogP contribution in [0, 0.1) is 0 Å². The van der Waals surface area contributed by atoms with Crippen LogP contribution in [0.15, 0.2) is 77.9 Å². The highest BCUT2D eigenvalue weighted by molar-refractivity contribution is 6.31. The molecular formula is C23H21ClN2O3. The number of para-hydroxylation sites is 1. The van der Waals surface area contributed by atoms with Crippen LogP contribution in [-0.2, 0) is 6.61 Å². The highest BCUT2D eigenvalue weighted by Crippen LogP contribution is 2.21. The summed E-state index contributed by atoms with van der Waals surface area (Å²) in [6.07, 6.45) is 1.55. The van der Waals surface area contributed by atoms with Crippen molar-refractivity contribution in [2.75, 3.05) is 6.61 Å². The smallest absolute Gasteiger partial charge is 0.271 e. The number of hydrogen-bond acceptors (Lipinski definition) is 4. The van der Waals surface area contributed by atoms with Crippen molar-refractivity contribution in [2.24, 2.45) is 5.10 Å². The van der Waals surface area contributed by atoms with E-state index in [1.165, 1.54) is 0 Å². The first-order valence-electron chi connectivity index (χ1n) is 9.19. The third-order valence-corrected chi connectivity index (χ3v) is 4.43. The Hall–Kier alpha value is -3.31. The molecule has 0 aliphatic carbocycles. The Labute approximate surface area is 174 Å². The van der Waals surface area contributed by atoms with Crippen molar-refractivity contribution in [1.29, 1.82) is 0 Å². The first-order chi connectivity index (χ1) is 14.2. The topological polar surface area (TPSA) is 59.9 Å². The van der Waals surface area contributed by atoms with Crippen LogP contribution in [0.5, 0.6) is 11.5 Å². The molecule has 0 fully saturated rings. The normalized spacial score (nSPS) is 10.7. The number of amides is 1. The average molecular weight is 409 g/mol.